The first kappa shape index (κ1) is 35.7. The molecule has 0 aliphatic rings. The summed E-state index contributed by atoms with van der Waals surface area (Å²) in [6, 6.07) is 29.3. The number of hydrogen-bond donors (Lipinski definition) is 0. The van der Waals surface area contributed by atoms with Gasteiger partial charge in [-0.1, -0.05) is 30.9 Å². The molecule has 4 aromatic heterocycles. The minimum absolute atomic E-state index is 0. The van der Waals surface area contributed by atoms with Crippen molar-refractivity contribution in [2.45, 2.75) is 71.7 Å². The Labute approximate surface area is 291 Å². The number of aryl methyl sites for hydroxylation is 1. The van der Waals surface area contributed by atoms with Crippen LogP contribution in [0.5, 0.6) is 0 Å². The molecule has 6 heteroatoms. The zero-order valence-corrected chi connectivity index (χ0v) is 33.1. The molecule has 241 valence electrons. The van der Waals surface area contributed by atoms with Gasteiger partial charge in [0.1, 0.15) is 0 Å². The van der Waals surface area contributed by atoms with Gasteiger partial charge in [-0.05, 0) is 43.2 Å². The first-order valence-corrected chi connectivity index (χ1v) is 23.2. The third-order valence-corrected chi connectivity index (χ3v) is 12.0. The molecular weight excluding hydrogens is 803 g/mol. The van der Waals surface area contributed by atoms with Crippen LogP contribution in [-0.2, 0) is 32.9 Å². The van der Waals surface area contributed by atoms with E-state index in [0.717, 1.165) is 57.4 Å². The summed E-state index contributed by atoms with van der Waals surface area (Å²) < 4.78 is 7.37. The van der Waals surface area contributed by atoms with Crippen LogP contribution < -0.4 is 4.40 Å². The molecule has 1 radical (unpaired) electrons. The van der Waals surface area contributed by atoms with Gasteiger partial charge in [-0.2, -0.15) is 0 Å². The molecule has 0 amide bonds. The van der Waals surface area contributed by atoms with Crippen LogP contribution in [0.15, 0.2) is 83.5 Å². The summed E-state index contributed by atoms with van der Waals surface area (Å²) in [6.45, 7) is 13.3. The third kappa shape index (κ3) is 9.03. The first-order valence-electron chi connectivity index (χ1n) is 15.9. The van der Waals surface area contributed by atoms with Crippen LogP contribution in [0.25, 0.3) is 44.6 Å². The number of hydrogen-bond acceptors (Lipinski definition) is 4. The number of furan rings is 1. The minimum Gasteiger partial charge on any atom is -0.486 e. The van der Waals surface area contributed by atoms with Crippen molar-refractivity contribution in [2.24, 2.45) is 11.3 Å². The summed E-state index contributed by atoms with van der Waals surface area (Å²) >= 11 is -1.90. The maximum Gasteiger partial charge on any atom is 0.216 e. The maximum absolute atomic E-state index is 5.84. The number of benzene rings is 2. The molecule has 0 bridgehead atoms. The molecule has 0 spiro atoms. The van der Waals surface area contributed by atoms with E-state index < -0.39 is 13.3 Å². The van der Waals surface area contributed by atoms with Crippen LogP contribution in [0.1, 0.15) is 51.4 Å². The largest absolute Gasteiger partial charge is 0.486 e. The standard InChI is InChI=1S/C21H19N2O.C19H26GeN.Ir/c1-13(2)10-15-8-9-22-19(11-15)16-5-7-20-18(12-16)17-6-4-14(3)23-21(17)24-20;1-19(2,3)13-16-12-18(15-10-8-7-9-11-15)21-14-17(16)20(4,5)6;/h4,6-9,11-13H,10H2,1-3H3;7-10,12,14H,13H2,1-6H3;/q2*-1;. The fourth-order valence-corrected chi connectivity index (χ4v) is 8.96. The van der Waals surface area contributed by atoms with E-state index in [2.05, 4.69) is 117 Å². The quantitative estimate of drug-likeness (QED) is 0.124. The number of rotatable bonds is 6. The van der Waals surface area contributed by atoms with Gasteiger partial charge < -0.3 is 9.40 Å². The second-order valence-corrected chi connectivity index (χ2v) is 25.2. The van der Waals surface area contributed by atoms with Crippen molar-refractivity contribution in [1.29, 1.82) is 0 Å². The molecule has 46 heavy (non-hydrogen) atoms. The average molecular weight is 849 g/mol. The summed E-state index contributed by atoms with van der Waals surface area (Å²) in [5.74, 6) is 7.95. The molecule has 0 aliphatic heterocycles. The Morgan fingerprint density at radius 2 is 1.63 bits per heavy atom. The zero-order chi connectivity index (χ0) is 32.4. The number of pyridine rings is 3. The van der Waals surface area contributed by atoms with Crippen molar-refractivity contribution < 1.29 is 24.5 Å². The van der Waals surface area contributed by atoms with E-state index >= 15 is 0 Å². The van der Waals surface area contributed by atoms with Crippen molar-refractivity contribution in [3.05, 3.63) is 108 Å². The van der Waals surface area contributed by atoms with Gasteiger partial charge in [0, 0.05) is 37.4 Å². The Kier molecular flexibility index (Phi) is 11.5. The molecule has 2 aromatic carbocycles. The van der Waals surface area contributed by atoms with Crippen LogP contribution in [0, 0.1) is 30.4 Å². The summed E-state index contributed by atoms with van der Waals surface area (Å²) in [5.41, 5.74) is 9.58. The molecule has 4 heterocycles. The number of fused-ring (bicyclic) bond motifs is 3. The summed E-state index contributed by atoms with van der Waals surface area (Å²) in [5, 5.41) is 2.09. The Morgan fingerprint density at radius 1 is 0.870 bits per heavy atom. The molecule has 6 aromatic rings. The number of nitrogens with zero attached hydrogens (tertiary/aromatic N) is 3. The van der Waals surface area contributed by atoms with Crippen molar-refractivity contribution >= 4 is 39.7 Å². The fraction of sp³-hybridized carbons (Fsp3) is 0.325. The van der Waals surface area contributed by atoms with Gasteiger partial charge >= 0.3 is 132 Å². The predicted octanol–water partition coefficient (Wildman–Crippen LogP) is 10.0. The zero-order valence-electron chi connectivity index (χ0n) is 28.6. The van der Waals surface area contributed by atoms with Gasteiger partial charge in [0.05, 0.1) is 5.58 Å². The van der Waals surface area contributed by atoms with E-state index in [9.17, 15) is 0 Å². The van der Waals surface area contributed by atoms with E-state index in [1.54, 1.807) is 0 Å². The molecule has 0 atom stereocenters. The van der Waals surface area contributed by atoms with Gasteiger partial charge in [0.2, 0.25) is 5.71 Å². The molecule has 0 fully saturated rings. The normalized spacial score (nSPS) is 11.8. The topological polar surface area (TPSA) is 51.8 Å². The summed E-state index contributed by atoms with van der Waals surface area (Å²) in [4.78, 5) is 13.7. The van der Waals surface area contributed by atoms with Crippen LogP contribution in [-0.4, -0.2) is 28.2 Å². The monoisotopic (exact) mass is 850 g/mol. The minimum atomic E-state index is -1.90. The van der Waals surface area contributed by atoms with Gasteiger partial charge in [-0.15, -0.1) is 23.8 Å². The summed E-state index contributed by atoms with van der Waals surface area (Å²) in [7, 11) is 0. The molecule has 4 nitrogen and oxygen atoms in total. The molecule has 6 rings (SSSR count). The fourth-order valence-electron chi connectivity index (χ4n) is 5.65. The third-order valence-electron chi connectivity index (χ3n) is 7.66. The van der Waals surface area contributed by atoms with Crippen LogP contribution in [0.3, 0.4) is 0 Å². The second-order valence-electron chi connectivity index (χ2n) is 14.7. The molecule has 0 aliphatic carbocycles. The van der Waals surface area contributed by atoms with Gasteiger partial charge in [-0.25, -0.2) is 4.98 Å². The van der Waals surface area contributed by atoms with Crippen molar-refractivity contribution in [3.8, 4) is 22.5 Å². The molecule has 0 N–H and O–H groups in total. The Hall–Kier alpha value is -3.12. The Morgan fingerprint density at radius 3 is 2.30 bits per heavy atom. The van der Waals surface area contributed by atoms with Crippen LogP contribution in [0.4, 0.5) is 0 Å². The van der Waals surface area contributed by atoms with Crippen LogP contribution >= 0.6 is 0 Å². The smallest absolute Gasteiger partial charge is 0.216 e. The van der Waals surface area contributed by atoms with Gasteiger partial charge in [-0.3, -0.25) is 0 Å². The van der Waals surface area contributed by atoms with E-state index in [1.807, 2.05) is 43.5 Å². The molecule has 0 saturated heterocycles. The first-order chi connectivity index (χ1) is 21.3. The molecule has 0 saturated carbocycles. The van der Waals surface area contributed by atoms with Crippen molar-refractivity contribution in [2.75, 3.05) is 0 Å². The van der Waals surface area contributed by atoms with Crippen molar-refractivity contribution in [1.82, 2.24) is 15.0 Å². The van der Waals surface area contributed by atoms with E-state index in [1.165, 1.54) is 15.5 Å². The van der Waals surface area contributed by atoms with E-state index in [0.29, 0.717) is 17.0 Å². The maximum atomic E-state index is 5.84. The Bertz CT molecular complexity index is 1920. The van der Waals surface area contributed by atoms with E-state index in [-0.39, 0.29) is 20.1 Å². The number of aromatic nitrogens is 3. The van der Waals surface area contributed by atoms with Crippen molar-refractivity contribution in [3.63, 3.8) is 0 Å². The van der Waals surface area contributed by atoms with E-state index in [4.69, 9.17) is 9.40 Å². The van der Waals surface area contributed by atoms with Gasteiger partial charge in [0.25, 0.3) is 0 Å². The SMILES string of the molecule is CC(C)(C)Cc1cc(-c2[c-]cccc2)nc[c]1[Ge]([CH3])([CH3])[CH3].Cc1ccc2c(n1)oc1c[c-]c(-c3cc(CC(C)C)ccn3)cc12.[Ir]. The average Bonchev–Trinajstić information content (AvgIpc) is 3.33. The van der Waals surface area contributed by atoms with Crippen LogP contribution in [0.2, 0.25) is 17.3 Å². The molecule has 0 unspecified atom stereocenters. The molecular formula is C40H45GeIrN3O-2. The Balaban J connectivity index is 0.000000207. The summed E-state index contributed by atoms with van der Waals surface area (Å²) in [6.07, 6.45) is 6.17. The predicted molar refractivity (Wildman–Crippen MR) is 192 cm³/mol. The van der Waals surface area contributed by atoms with Gasteiger partial charge in [0.15, 0.2) is 0 Å². The second kappa shape index (κ2) is 14.8.